The molecule has 0 saturated heterocycles. The monoisotopic (exact) mass is 459 g/mol. The van der Waals surface area contributed by atoms with E-state index in [1.807, 2.05) is 13.0 Å². The van der Waals surface area contributed by atoms with Crippen LogP contribution >= 0.6 is 0 Å². The van der Waals surface area contributed by atoms with Gasteiger partial charge < -0.3 is 5.32 Å². The number of carbonyl (C=O) groups excluding carboxylic acids is 1. The maximum Gasteiger partial charge on any atom is 0.261 e. The lowest BCUT2D eigenvalue weighted by Gasteiger charge is -2.12. The van der Waals surface area contributed by atoms with Crippen LogP contribution in [0.1, 0.15) is 15.9 Å². The van der Waals surface area contributed by atoms with Crippen LogP contribution in [0.2, 0.25) is 0 Å². The molecule has 0 aliphatic carbocycles. The minimum atomic E-state index is -3.79. The third-order valence-electron chi connectivity index (χ3n) is 4.16. The van der Waals surface area contributed by atoms with Crippen LogP contribution in [0.5, 0.6) is 0 Å². The minimum absolute atomic E-state index is 0.0335. The highest BCUT2D eigenvalue weighted by atomic mass is 32.2. The Bertz CT molecular complexity index is 1320. The number of hydrogen-bond donors (Lipinski definition) is 3. The number of amides is 1. The van der Waals surface area contributed by atoms with Gasteiger partial charge in [-0.15, -0.1) is 0 Å². The fourth-order valence-electron chi connectivity index (χ4n) is 2.81. The number of anilines is 3. The van der Waals surface area contributed by atoms with Crippen molar-refractivity contribution in [3.8, 4) is 0 Å². The van der Waals surface area contributed by atoms with Crippen molar-refractivity contribution in [2.45, 2.75) is 11.8 Å². The minimum Gasteiger partial charge on any atom is -0.322 e. The third kappa shape index (κ3) is 6.06. The number of aryl methyl sites for hydroxylation is 1. The van der Waals surface area contributed by atoms with E-state index in [0.717, 1.165) is 11.8 Å². The molecule has 0 heterocycles. The molecule has 10 heteroatoms. The van der Waals surface area contributed by atoms with Crippen molar-refractivity contribution in [2.24, 2.45) is 0 Å². The summed E-state index contributed by atoms with van der Waals surface area (Å²) in [5.74, 6) is -0.541. The largest absolute Gasteiger partial charge is 0.322 e. The van der Waals surface area contributed by atoms with E-state index in [-0.39, 0.29) is 16.1 Å². The molecule has 0 atom stereocenters. The van der Waals surface area contributed by atoms with E-state index in [2.05, 4.69) is 14.8 Å². The van der Waals surface area contributed by atoms with E-state index >= 15 is 0 Å². The molecule has 0 aliphatic heterocycles. The first kappa shape index (κ1) is 22.3. The molecule has 3 rings (SSSR count). The lowest BCUT2D eigenvalue weighted by molar-refractivity contribution is 0.102. The molecule has 0 radical (unpaired) electrons. The van der Waals surface area contributed by atoms with Gasteiger partial charge >= 0.3 is 0 Å². The predicted octanol–water partition coefficient (Wildman–Crippen LogP) is 3.42. The van der Waals surface area contributed by atoms with E-state index in [4.69, 9.17) is 0 Å². The van der Waals surface area contributed by atoms with Crippen LogP contribution in [-0.4, -0.2) is 29.0 Å². The SMILES string of the molecule is Cc1cccc(NS(=O)(=O)c2ccc(NC(=O)c3ccccc3NS(C)(=O)=O)cc2)c1. The van der Waals surface area contributed by atoms with Crippen molar-refractivity contribution in [3.05, 3.63) is 83.9 Å². The summed E-state index contributed by atoms with van der Waals surface area (Å²) in [7, 11) is -7.35. The summed E-state index contributed by atoms with van der Waals surface area (Å²) in [6.07, 6.45) is 0.992. The van der Waals surface area contributed by atoms with Crippen molar-refractivity contribution < 1.29 is 21.6 Å². The maximum atomic E-state index is 12.6. The van der Waals surface area contributed by atoms with Crippen LogP contribution in [0.25, 0.3) is 0 Å². The number of rotatable bonds is 7. The van der Waals surface area contributed by atoms with Crippen molar-refractivity contribution in [1.82, 2.24) is 0 Å². The quantitative estimate of drug-likeness (QED) is 0.500. The van der Waals surface area contributed by atoms with Gasteiger partial charge in [0.2, 0.25) is 10.0 Å². The molecule has 31 heavy (non-hydrogen) atoms. The van der Waals surface area contributed by atoms with Crippen molar-refractivity contribution in [2.75, 3.05) is 21.0 Å². The summed E-state index contributed by atoms with van der Waals surface area (Å²) in [4.78, 5) is 12.6. The second-order valence-corrected chi connectivity index (χ2v) is 10.3. The van der Waals surface area contributed by atoms with Gasteiger partial charge in [-0.1, -0.05) is 24.3 Å². The average molecular weight is 460 g/mol. The van der Waals surface area contributed by atoms with Crippen LogP contribution in [-0.2, 0) is 20.0 Å². The van der Waals surface area contributed by atoms with Gasteiger partial charge in [0.25, 0.3) is 15.9 Å². The first-order chi connectivity index (χ1) is 14.5. The highest BCUT2D eigenvalue weighted by Crippen LogP contribution is 2.21. The van der Waals surface area contributed by atoms with Gasteiger partial charge in [-0.25, -0.2) is 16.8 Å². The number of benzene rings is 3. The zero-order valence-electron chi connectivity index (χ0n) is 16.8. The van der Waals surface area contributed by atoms with Crippen LogP contribution in [0.4, 0.5) is 17.1 Å². The summed E-state index contributed by atoms with van der Waals surface area (Å²) < 4.78 is 53.0. The van der Waals surface area contributed by atoms with Crippen LogP contribution in [0.15, 0.2) is 77.7 Å². The summed E-state index contributed by atoms with van der Waals surface area (Å²) in [5.41, 5.74) is 2.00. The maximum absolute atomic E-state index is 12.6. The van der Waals surface area contributed by atoms with Gasteiger partial charge in [-0.3, -0.25) is 14.2 Å². The third-order valence-corrected chi connectivity index (χ3v) is 6.15. The van der Waals surface area contributed by atoms with Gasteiger partial charge in [0, 0.05) is 11.4 Å². The van der Waals surface area contributed by atoms with Gasteiger partial charge in [0.1, 0.15) is 0 Å². The molecular weight excluding hydrogens is 438 g/mol. The Morgan fingerprint density at radius 2 is 1.45 bits per heavy atom. The predicted molar refractivity (Wildman–Crippen MR) is 121 cm³/mol. The topological polar surface area (TPSA) is 121 Å². The molecule has 0 spiro atoms. The normalized spacial score (nSPS) is 11.5. The second kappa shape index (κ2) is 8.78. The van der Waals surface area contributed by atoms with E-state index < -0.39 is 26.0 Å². The molecule has 0 unspecified atom stereocenters. The van der Waals surface area contributed by atoms with Crippen LogP contribution in [0, 0.1) is 6.92 Å². The molecule has 3 N–H and O–H groups in total. The standard InChI is InChI=1S/C21H21N3O5S2/c1-15-6-5-7-17(14-15)23-31(28,29)18-12-10-16(11-13-18)22-21(25)19-8-3-4-9-20(19)24-30(2,26)27/h3-14,23-24H,1-2H3,(H,22,25). The molecule has 0 saturated carbocycles. The molecule has 8 nitrogen and oxygen atoms in total. The molecule has 3 aromatic carbocycles. The van der Waals surface area contributed by atoms with E-state index in [1.165, 1.54) is 36.4 Å². The van der Waals surface area contributed by atoms with Gasteiger partial charge in [-0.05, 0) is 61.0 Å². The van der Waals surface area contributed by atoms with Crippen molar-refractivity contribution >= 4 is 43.0 Å². The summed E-state index contributed by atoms with van der Waals surface area (Å²) in [5, 5.41) is 2.63. The number of sulfonamides is 2. The lowest BCUT2D eigenvalue weighted by Crippen LogP contribution is -2.17. The second-order valence-electron chi connectivity index (χ2n) is 6.87. The highest BCUT2D eigenvalue weighted by Gasteiger charge is 2.16. The van der Waals surface area contributed by atoms with Gasteiger partial charge in [0.05, 0.1) is 22.4 Å². The molecule has 0 fully saturated rings. The van der Waals surface area contributed by atoms with Crippen LogP contribution in [0.3, 0.4) is 0 Å². The average Bonchev–Trinajstić information content (AvgIpc) is 2.67. The fraction of sp³-hybridized carbons (Fsp3) is 0.0952. The summed E-state index contributed by atoms with van der Waals surface area (Å²) >= 11 is 0. The molecule has 162 valence electrons. The van der Waals surface area contributed by atoms with Gasteiger partial charge in [0.15, 0.2) is 0 Å². The Morgan fingerprint density at radius 1 is 0.774 bits per heavy atom. The molecule has 0 bridgehead atoms. The Balaban J connectivity index is 1.76. The Morgan fingerprint density at radius 3 is 2.10 bits per heavy atom. The smallest absolute Gasteiger partial charge is 0.261 e. The molecule has 1 amide bonds. The Kier molecular flexibility index (Phi) is 6.32. The highest BCUT2D eigenvalue weighted by molar-refractivity contribution is 7.92. The van der Waals surface area contributed by atoms with Crippen molar-refractivity contribution in [3.63, 3.8) is 0 Å². The molecule has 0 aromatic heterocycles. The van der Waals surface area contributed by atoms with Crippen molar-refractivity contribution in [1.29, 1.82) is 0 Å². The number of para-hydroxylation sites is 1. The van der Waals surface area contributed by atoms with E-state index in [9.17, 15) is 21.6 Å². The van der Waals surface area contributed by atoms with Crippen LogP contribution < -0.4 is 14.8 Å². The first-order valence-electron chi connectivity index (χ1n) is 9.11. The van der Waals surface area contributed by atoms with E-state index in [0.29, 0.717) is 11.4 Å². The van der Waals surface area contributed by atoms with E-state index in [1.54, 1.807) is 30.3 Å². The number of nitrogens with one attached hydrogen (secondary N) is 3. The Hall–Kier alpha value is -3.37. The number of carbonyl (C=O) groups is 1. The Labute approximate surface area is 181 Å². The summed E-state index contributed by atoms with van der Waals surface area (Å²) in [6.45, 7) is 1.86. The first-order valence-corrected chi connectivity index (χ1v) is 12.5. The lowest BCUT2D eigenvalue weighted by atomic mass is 10.1. The number of hydrogen-bond acceptors (Lipinski definition) is 5. The fourth-order valence-corrected chi connectivity index (χ4v) is 4.44. The summed E-state index contributed by atoms with van der Waals surface area (Å²) in [6, 6.07) is 18.8. The van der Waals surface area contributed by atoms with Gasteiger partial charge in [-0.2, -0.15) is 0 Å². The zero-order valence-corrected chi connectivity index (χ0v) is 18.4. The molecule has 0 aliphatic rings. The molecule has 3 aromatic rings. The molecular formula is C21H21N3O5S2. The zero-order chi connectivity index (χ0) is 22.6.